The summed E-state index contributed by atoms with van der Waals surface area (Å²) in [5.74, 6) is 0.709. The molecule has 2 heterocycles. The fourth-order valence-electron chi connectivity index (χ4n) is 1.000. The Labute approximate surface area is 69.3 Å². The van der Waals surface area contributed by atoms with Crippen LogP contribution in [0.15, 0.2) is 41.1 Å². The van der Waals surface area contributed by atoms with Gasteiger partial charge in [0, 0.05) is 6.20 Å². The zero-order chi connectivity index (χ0) is 8.39. The summed E-state index contributed by atoms with van der Waals surface area (Å²) >= 11 is 0. The van der Waals surface area contributed by atoms with E-state index in [4.69, 9.17) is 4.42 Å². The molecule has 0 spiro atoms. The van der Waals surface area contributed by atoms with Gasteiger partial charge >= 0.3 is 0 Å². The Balaban J connectivity index is 2.55. The minimum atomic E-state index is 0.132. The monoisotopic (exact) mass is 161 g/mol. The van der Waals surface area contributed by atoms with Crippen molar-refractivity contribution in [2.45, 2.75) is 0 Å². The lowest BCUT2D eigenvalue weighted by Gasteiger charge is -1.97. The fraction of sp³-hybridized carbons (Fsp3) is 0. The average molecular weight is 161 g/mol. The number of hydrogen-bond acceptors (Lipinski definition) is 3. The Bertz CT molecular complexity index is 368. The number of aromatic hydroxyl groups is 1. The van der Waals surface area contributed by atoms with Crippen molar-refractivity contribution in [3.8, 4) is 17.2 Å². The Morgan fingerprint density at radius 2 is 2.17 bits per heavy atom. The highest BCUT2D eigenvalue weighted by Gasteiger charge is 2.05. The maximum absolute atomic E-state index is 9.36. The first-order valence-corrected chi connectivity index (χ1v) is 3.56. The summed E-state index contributed by atoms with van der Waals surface area (Å²) in [6.45, 7) is 0. The lowest BCUT2D eigenvalue weighted by Crippen LogP contribution is -1.79. The summed E-state index contributed by atoms with van der Waals surface area (Å²) in [6.07, 6.45) is 3.15. The van der Waals surface area contributed by atoms with Crippen LogP contribution in [0.25, 0.3) is 11.5 Å². The molecule has 2 aromatic rings. The van der Waals surface area contributed by atoms with Crippen molar-refractivity contribution in [2.24, 2.45) is 0 Å². The van der Waals surface area contributed by atoms with Crippen LogP contribution < -0.4 is 0 Å². The smallest absolute Gasteiger partial charge is 0.156 e. The lowest BCUT2D eigenvalue weighted by atomic mass is 10.3. The molecule has 0 aliphatic carbocycles. The van der Waals surface area contributed by atoms with Gasteiger partial charge in [0.25, 0.3) is 0 Å². The first kappa shape index (κ1) is 6.91. The van der Waals surface area contributed by atoms with E-state index in [1.165, 1.54) is 0 Å². The molecule has 0 aliphatic rings. The van der Waals surface area contributed by atoms with Crippen LogP contribution in [0.1, 0.15) is 0 Å². The molecule has 0 unspecified atom stereocenters. The molecular weight excluding hydrogens is 154 g/mol. The van der Waals surface area contributed by atoms with E-state index in [9.17, 15) is 5.11 Å². The van der Waals surface area contributed by atoms with Crippen molar-refractivity contribution < 1.29 is 9.52 Å². The van der Waals surface area contributed by atoms with Crippen LogP contribution in [0.3, 0.4) is 0 Å². The number of pyridine rings is 1. The minimum Gasteiger partial charge on any atom is -0.506 e. The van der Waals surface area contributed by atoms with Crippen molar-refractivity contribution >= 4 is 0 Å². The summed E-state index contributed by atoms with van der Waals surface area (Å²) in [5, 5.41) is 9.36. The van der Waals surface area contributed by atoms with Crippen LogP contribution in [-0.2, 0) is 0 Å². The van der Waals surface area contributed by atoms with Gasteiger partial charge in [0.05, 0.1) is 6.26 Å². The van der Waals surface area contributed by atoms with Crippen LogP contribution in [0.2, 0.25) is 0 Å². The van der Waals surface area contributed by atoms with Gasteiger partial charge in [0.1, 0.15) is 11.4 Å². The van der Waals surface area contributed by atoms with Gasteiger partial charge in [-0.05, 0) is 24.3 Å². The predicted molar refractivity (Wildman–Crippen MR) is 43.6 cm³/mol. The van der Waals surface area contributed by atoms with Gasteiger partial charge in [-0.15, -0.1) is 0 Å². The molecule has 0 aromatic carbocycles. The predicted octanol–water partition coefficient (Wildman–Crippen LogP) is 2.05. The van der Waals surface area contributed by atoms with Gasteiger partial charge < -0.3 is 9.52 Å². The quantitative estimate of drug-likeness (QED) is 0.696. The van der Waals surface area contributed by atoms with Crippen molar-refractivity contribution in [3.05, 3.63) is 36.7 Å². The van der Waals surface area contributed by atoms with E-state index >= 15 is 0 Å². The van der Waals surface area contributed by atoms with Crippen molar-refractivity contribution in [1.29, 1.82) is 0 Å². The summed E-state index contributed by atoms with van der Waals surface area (Å²) in [4.78, 5) is 3.98. The largest absolute Gasteiger partial charge is 0.506 e. The van der Waals surface area contributed by atoms with E-state index < -0.39 is 0 Å². The van der Waals surface area contributed by atoms with Crippen LogP contribution in [-0.4, -0.2) is 10.1 Å². The molecule has 3 nitrogen and oxygen atoms in total. The molecule has 1 N–H and O–H groups in total. The Kier molecular flexibility index (Phi) is 1.55. The van der Waals surface area contributed by atoms with Crippen molar-refractivity contribution in [3.63, 3.8) is 0 Å². The number of aromatic nitrogens is 1. The molecule has 3 heteroatoms. The molecule has 60 valence electrons. The summed E-state index contributed by atoms with van der Waals surface area (Å²) in [7, 11) is 0. The van der Waals surface area contributed by atoms with Gasteiger partial charge in [-0.25, -0.2) is 4.98 Å². The van der Waals surface area contributed by atoms with Gasteiger partial charge in [-0.1, -0.05) is 0 Å². The third-order valence-corrected chi connectivity index (χ3v) is 1.54. The van der Waals surface area contributed by atoms with E-state index in [0.717, 1.165) is 0 Å². The Hall–Kier alpha value is -1.77. The normalized spacial score (nSPS) is 10.0. The van der Waals surface area contributed by atoms with Gasteiger partial charge in [0.15, 0.2) is 5.76 Å². The van der Waals surface area contributed by atoms with E-state index in [-0.39, 0.29) is 5.75 Å². The highest BCUT2D eigenvalue weighted by molar-refractivity contribution is 5.59. The molecule has 0 saturated heterocycles. The molecule has 12 heavy (non-hydrogen) atoms. The van der Waals surface area contributed by atoms with E-state index in [0.29, 0.717) is 11.5 Å². The SMILES string of the molecule is Oc1cccnc1-c1ccco1. The van der Waals surface area contributed by atoms with Crippen LogP contribution in [0.5, 0.6) is 5.75 Å². The molecule has 0 saturated carbocycles. The van der Waals surface area contributed by atoms with E-state index in [2.05, 4.69) is 4.98 Å². The Morgan fingerprint density at radius 1 is 1.25 bits per heavy atom. The standard InChI is InChI=1S/C9H7NO2/c11-7-3-1-5-10-9(7)8-4-2-6-12-8/h1-6,11H. The third-order valence-electron chi connectivity index (χ3n) is 1.54. The average Bonchev–Trinajstić information content (AvgIpc) is 2.57. The molecular formula is C9H7NO2. The number of rotatable bonds is 1. The molecule has 0 fully saturated rings. The first-order chi connectivity index (χ1) is 5.88. The van der Waals surface area contributed by atoms with E-state index in [1.54, 1.807) is 36.7 Å². The van der Waals surface area contributed by atoms with Crippen molar-refractivity contribution in [1.82, 2.24) is 4.98 Å². The third kappa shape index (κ3) is 1.05. The maximum atomic E-state index is 9.36. The number of hydrogen-bond donors (Lipinski definition) is 1. The van der Waals surface area contributed by atoms with Gasteiger partial charge in [-0.3, -0.25) is 0 Å². The lowest BCUT2D eigenvalue weighted by molar-refractivity contribution is 0.471. The molecule has 0 bridgehead atoms. The van der Waals surface area contributed by atoms with Crippen LogP contribution in [0.4, 0.5) is 0 Å². The second-order valence-corrected chi connectivity index (χ2v) is 2.35. The topological polar surface area (TPSA) is 46.3 Å². The molecule has 0 aliphatic heterocycles. The first-order valence-electron chi connectivity index (χ1n) is 3.56. The highest BCUT2D eigenvalue weighted by Crippen LogP contribution is 2.25. The summed E-state index contributed by atoms with van der Waals surface area (Å²) in [6, 6.07) is 6.75. The maximum Gasteiger partial charge on any atom is 0.156 e. The Morgan fingerprint density at radius 3 is 2.83 bits per heavy atom. The highest BCUT2D eigenvalue weighted by atomic mass is 16.3. The van der Waals surface area contributed by atoms with Crippen molar-refractivity contribution in [2.75, 3.05) is 0 Å². The van der Waals surface area contributed by atoms with Crippen LogP contribution >= 0.6 is 0 Å². The second-order valence-electron chi connectivity index (χ2n) is 2.35. The summed E-state index contributed by atoms with van der Waals surface area (Å²) < 4.78 is 5.08. The second kappa shape index (κ2) is 2.70. The molecule has 2 rings (SSSR count). The summed E-state index contributed by atoms with van der Waals surface area (Å²) in [5.41, 5.74) is 0.475. The van der Waals surface area contributed by atoms with Gasteiger partial charge in [-0.2, -0.15) is 0 Å². The molecule has 0 radical (unpaired) electrons. The number of nitrogens with zero attached hydrogens (tertiary/aromatic N) is 1. The van der Waals surface area contributed by atoms with Crippen LogP contribution in [0, 0.1) is 0 Å². The van der Waals surface area contributed by atoms with Gasteiger partial charge in [0.2, 0.25) is 0 Å². The molecule has 0 amide bonds. The number of furan rings is 1. The minimum absolute atomic E-state index is 0.132. The fourth-order valence-corrected chi connectivity index (χ4v) is 1.000. The zero-order valence-corrected chi connectivity index (χ0v) is 6.27. The molecule has 0 atom stereocenters. The van der Waals surface area contributed by atoms with E-state index in [1.807, 2.05) is 0 Å². The molecule has 2 aromatic heterocycles. The zero-order valence-electron chi connectivity index (χ0n) is 6.27.